The van der Waals surface area contributed by atoms with Crippen molar-refractivity contribution in [2.75, 3.05) is 16.8 Å². The molecule has 1 aromatic rings. The molecule has 1 atom stereocenters. The fourth-order valence-electron chi connectivity index (χ4n) is 2.45. The van der Waals surface area contributed by atoms with Gasteiger partial charge in [-0.3, -0.25) is 0 Å². The van der Waals surface area contributed by atoms with Crippen LogP contribution in [-0.2, 0) is 6.18 Å². The number of rotatable bonds is 2. The smallest absolute Gasteiger partial charge is 0.381 e. The summed E-state index contributed by atoms with van der Waals surface area (Å²) in [5.41, 5.74) is -0.436. The lowest BCUT2D eigenvalue weighted by Gasteiger charge is -2.36. The predicted octanol–water partition coefficient (Wildman–Crippen LogP) is 5.30. The first kappa shape index (κ1) is 15.8. The molecule has 0 saturated carbocycles. The summed E-state index contributed by atoms with van der Waals surface area (Å²) >= 11 is 7.45. The SMILES string of the molecule is CC1(C)CSCC(Nc2ccc(Cl)cc2C(F)(F)F)C1. The average molecular weight is 324 g/mol. The van der Waals surface area contributed by atoms with Gasteiger partial charge in [-0.25, -0.2) is 0 Å². The molecule has 0 radical (unpaired) electrons. The molecule has 1 saturated heterocycles. The van der Waals surface area contributed by atoms with E-state index in [0.29, 0.717) is 0 Å². The summed E-state index contributed by atoms with van der Waals surface area (Å²) in [5.74, 6) is 1.86. The highest BCUT2D eigenvalue weighted by atomic mass is 35.5. The Balaban J connectivity index is 2.21. The molecule has 0 aliphatic carbocycles. The zero-order valence-electron chi connectivity index (χ0n) is 11.4. The van der Waals surface area contributed by atoms with Crippen molar-refractivity contribution in [3.05, 3.63) is 28.8 Å². The van der Waals surface area contributed by atoms with Gasteiger partial charge in [0, 0.05) is 22.5 Å². The number of thioether (sulfide) groups is 1. The van der Waals surface area contributed by atoms with Gasteiger partial charge in [0.1, 0.15) is 0 Å². The molecule has 0 bridgehead atoms. The Kier molecular flexibility index (Phi) is 4.50. The highest BCUT2D eigenvalue weighted by molar-refractivity contribution is 7.99. The topological polar surface area (TPSA) is 12.0 Å². The van der Waals surface area contributed by atoms with Crippen LogP contribution in [0.3, 0.4) is 0 Å². The number of nitrogens with one attached hydrogen (secondary N) is 1. The fraction of sp³-hybridized carbons (Fsp3) is 0.571. The minimum atomic E-state index is -4.40. The van der Waals surface area contributed by atoms with E-state index >= 15 is 0 Å². The van der Waals surface area contributed by atoms with Crippen LogP contribution in [0.25, 0.3) is 0 Å². The van der Waals surface area contributed by atoms with E-state index in [4.69, 9.17) is 11.6 Å². The summed E-state index contributed by atoms with van der Waals surface area (Å²) < 4.78 is 39.1. The van der Waals surface area contributed by atoms with Gasteiger partial charge in [-0.05, 0) is 35.8 Å². The van der Waals surface area contributed by atoms with Gasteiger partial charge in [-0.2, -0.15) is 24.9 Å². The Hall–Kier alpha value is -0.550. The Morgan fingerprint density at radius 1 is 1.35 bits per heavy atom. The van der Waals surface area contributed by atoms with Crippen molar-refractivity contribution >= 4 is 29.1 Å². The van der Waals surface area contributed by atoms with E-state index in [1.807, 2.05) is 0 Å². The zero-order valence-corrected chi connectivity index (χ0v) is 12.9. The first-order chi connectivity index (χ1) is 9.17. The number of halogens is 4. The summed E-state index contributed by atoms with van der Waals surface area (Å²) in [5, 5.41) is 3.14. The molecular formula is C14H17ClF3NS. The van der Waals surface area contributed by atoms with Crippen molar-refractivity contribution in [2.24, 2.45) is 5.41 Å². The second-order valence-electron chi connectivity index (χ2n) is 5.91. The van der Waals surface area contributed by atoms with Gasteiger partial charge < -0.3 is 5.32 Å². The number of alkyl halides is 3. The third-order valence-electron chi connectivity index (χ3n) is 3.26. The van der Waals surface area contributed by atoms with Crippen LogP contribution >= 0.6 is 23.4 Å². The molecule has 20 heavy (non-hydrogen) atoms. The maximum absolute atomic E-state index is 13.0. The molecule has 1 heterocycles. The monoisotopic (exact) mass is 323 g/mol. The van der Waals surface area contributed by atoms with Crippen LogP contribution < -0.4 is 5.32 Å². The maximum atomic E-state index is 13.0. The van der Waals surface area contributed by atoms with E-state index in [1.54, 1.807) is 11.8 Å². The fourth-order valence-corrected chi connectivity index (χ4v) is 3.90. The standard InChI is InChI=1S/C14H17ClF3NS/c1-13(2)6-10(7-20-8-13)19-12-4-3-9(15)5-11(12)14(16,17)18/h3-5,10,19H,6-8H2,1-2H3. The lowest BCUT2D eigenvalue weighted by atomic mass is 9.87. The van der Waals surface area contributed by atoms with Crippen LogP contribution in [0.15, 0.2) is 18.2 Å². The van der Waals surface area contributed by atoms with Crippen LogP contribution in [0, 0.1) is 5.41 Å². The number of benzene rings is 1. The maximum Gasteiger partial charge on any atom is 0.418 e. The molecule has 0 amide bonds. The molecule has 1 aromatic carbocycles. The molecule has 1 unspecified atom stereocenters. The van der Waals surface area contributed by atoms with Crippen LogP contribution in [0.4, 0.5) is 18.9 Å². The molecule has 1 nitrogen and oxygen atoms in total. The van der Waals surface area contributed by atoms with Gasteiger partial charge in [0.05, 0.1) is 5.56 Å². The minimum absolute atomic E-state index is 0.0472. The van der Waals surface area contributed by atoms with Crippen molar-refractivity contribution in [1.82, 2.24) is 0 Å². The molecule has 0 aromatic heterocycles. The van der Waals surface area contributed by atoms with Gasteiger partial charge in [0.25, 0.3) is 0 Å². The molecule has 2 rings (SSSR count). The molecule has 1 aliphatic heterocycles. The highest BCUT2D eigenvalue weighted by Crippen LogP contribution is 2.39. The van der Waals surface area contributed by atoms with E-state index in [2.05, 4.69) is 19.2 Å². The van der Waals surface area contributed by atoms with Gasteiger partial charge in [-0.1, -0.05) is 25.4 Å². The van der Waals surface area contributed by atoms with Crippen LogP contribution in [-0.4, -0.2) is 17.5 Å². The predicted molar refractivity (Wildman–Crippen MR) is 79.6 cm³/mol. The molecular weight excluding hydrogens is 307 g/mol. The quantitative estimate of drug-likeness (QED) is 0.792. The number of hydrogen-bond acceptors (Lipinski definition) is 2. The van der Waals surface area contributed by atoms with Crippen LogP contribution in [0.1, 0.15) is 25.8 Å². The van der Waals surface area contributed by atoms with E-state index in [-0.39, 0.29) is 22.2 Å². The van der Waals surface area contributed by atoms with Crippen molar-refractivity contribution in [3.63, 3.8) is 0 Å². The third-order valence-corrected chi connectivity index (χ3v) is 5.12. The van der Waals surface area contributed by atoms with E-state index < -0.39 is 11.7 Å². The van der Waals surface area contributed by atoms with Crippen molar-refractivity contribution in [2.45, 2.75) is 32.5 Å². The molecule has 6 heteroatoms. The first-order valence-electron chi connectivity index (χ1n) is 6.38. The summed E-state index contributed by atoms with van der Waals surface area (Å²) in [7, 11) is 0. The molecule has 112 valence electrons. The lowest BCUT2D eigenvalue weighted by molar-refractivity contribution is -0.137. The minimum Gasteiger partial charge on any atom is -0.381 e. The molecule has 1 fully saturated rings. The summed E-state index contributed by atoms with van der Waals surface area (Å²) in [6.07, 6.45) is -3.54. The first-order valence-corrected chi connectivity index (χ1v) is 7.92. The van der Waals surface area contributed by atoms with Gasteiger partial charge in [0.2, 0.25) is 0 Å². The Bertz CT molecular complexity index is 488. The van der Waals surface area contributed by atoms with Gasteiger partial charge in [0.15, 0.2) is 0 Å². The summed E-state index contributed by atoms with van der Waals surface area (Å²) in [6.45, 7) is 4.28. The van der Waals surface area contributed by atoms with Crippen LogP contribution in [0.5, 0.6) is 0 Å². The molecule has 1 aliphatic rings. The summed E-state index contributed by atoms with van der Waals surface area (Å²) in [4.78, 5) is 0. The second kappa shape index (κ2) is 5.68. The normalized spacial score (nSPS) is 22.6. The highest BCUT2D eigenvalue weighted by Gasteiger charge is 2.35. The van der Waals surface area contributed by atoms with Gasteiger partial charge in [-0.15, -0.1) is 0 Å². The lowest BCUT2D eigenvalue weighted by Crippen LogP contribution is -2.35. The van der Waals surface area contributed by atoms with Crippen molar-refractivity contribution in [3.8, 4) is 0 Å². The average Bonchev–Trinajstić information content (AvgIpc) is 2.29. The summed E-state index contributed by atoms with van der Waals surface area (Å²) in [6, 6.07) is 3.92. The van der Waals surface area contributed by atoms with E-state index in [1.165, 1.54) is 12.1 Å². The van der Waals surface area contributed by atoms with E-state index in [0.717, 1.165) is 24.0 Å². The Labute approximate surface area is 126 Å². The van der Waals surface area contributed by atoms with Crippen molar-refractivity contribution < 1.29 is 13.2 Å². The molecule has 1 N–H and O–H groups in total. The Morgan fingerprint density at radius 3 is 2.65 bits per heavy atom. The van der Waals surface area contributed by atoms with E-state index in [9.17, 15) is 13.2 Å². The molecule has 0 spiro atoms. The van der Waals surface area contributed by atoms with Crippen molar-refractivity contribution in [1.29, 1.82) is 0 Å². The Morgan fingerprint density at radius 2 is 2.05 bits per heavy atom. The second-order valence-corrected chi connectivity index (χ2v) is 7.38. The largest absolute Gasteiger partial charge is 0.418 e. The van der Waals surface area contributed by atoms with Crippen LogP contribution in [0.2, 0.25) is 5.02 Å². The zero-order chi connectivity index (χ0) is 15.0. The third kappa shape index (κ3) is 3.98. The number of hydrogen-bond donors (Lipinski definition) is 1. The van der Waals surface area contributed by atoms with Gasteiger partial charge >= 0.3 is 6.18 Å². The number of anilines is 1.